The quantitative estimate of drug-likeness (QED) is 0.720. The van der Waals surface area contributed by atoms with Gasteiger partial charge in [-0.15, -0.1) is 0 Å². The number of aromatic nitrogens is 2. The van der Waals surface area contributed by atoms with Crippen LogP contribution in [0.15, 0.2) is 24.3 Å². The van der Waals surface area contributed by atoms with Crippen LogP contribution in [0.4, 0.5) is 0 Å². The van der Waals surface area contributed by atoms with E-state index in [0.717, 1.165) is 62.5 Å². The predicted octanol–water partition coefficient (Wildman–Crippen LogP) is 3.99. The molecule has 1 amide bonds. The number of hydrogen-bond acceptors (Lipinski definition) is 3. The Hall–Kier alpha value is -1.85. The minimum atomic E-state index is -0.332. The number of benzene rings is 1. The first kappa shape index (κ1) is 20.4. The number of carbonyl (C=O) groups is 1. The number of likely N-dealkylation sites (tertiary alicyclic amines) is 1. The zero-order valence-corrected chi connectivity index (χ0v) is 18.2. The summed E-state index contributed by atoms with van der Waals surface area (Å²) in [6.45, 7) is 7.99. The van der Waals surface area contributed by atoms with Crippen molar-refractivity contribution in [3.63, 3.8) is 0 Å². The Morgan fingerprint density at radius 3 is 2.76 bits per heavy atom. The van der Waals surface area contributed by atoms with Gasteiger partial charge in [-0.05, 0) is 62.8 Å². The van der Waals surface area contributed by atoms with E-state index >= 15 is 0 Å². The van der Waals surface area contributed by atoms with Crippen molar-refractivity contribution < 1.29 is 4.79 Å². The van der Waals surface area contributed by atoms with E-state index in [1.165, 1.54) is 18.5 Å². The van der Waals surface area contributed by atoms with Crippen LogP contribution >= 0.6 is 11.6 Å². The number of imidazole rings is 1. The number of amides is 1. The first-order chi connectivity index (χ1) is 14.0. The Morgan fingerprint density at radius 2 is 2.10 bits per heavy atom. The maximum Gasteiger partial charge on any atom is 0.230 e. The van der Waals surface area contributed by atoms with E-state index in [-0.39, 0.29) is 11.3 Å². The van der Waals surface area contributed by atoms with Crippen LogP contribution < -0.4 is 5.32 Å². The minimum Gasteiger partial charge on any atom is -0.355 e. The van der Waals surface area contributed by atoms with Crippen LogP contribution in [0, 0.1) is 12.8 Å². The van der Waals surface area contributed by atoms with Gasteiger partial charge >= 0.3 is 0 Å². The van der Waals surface area contributed by atoms with Gasteiger partial charge in [-0.1, -0.05) is 30.7 Å². The Balaban J connectivity index is 1.31. The van der Waals surface area contributed by atoms with Crippen molar-refractivity contribution in [2.24, 2.45) is 5.92 Å². The molecule has 2 N–H and O–H groups in total. The normalized spacial score (nSPS) is 21.1. The summed E-state index contributed by atoms with van der Waals surface area (Å²) < 4.78 is 0. The van der Waals surface area contributed by atoms with Crippen LogP contribution in [-0.4, -0.2) is 40.4 Å². The molecule has 6 heteroatoms. The fourth-order valence-corrected chi connectivity index (χ4v) is 4.63. The summed E-state index contributed by atoms with van der Waals surface area (Å²) in [7, 11) is 0. The van der Waals surface area contributed by atoms with E-state index in [1.807, 2.05) is 24.3 Å². The Morgan fingerprint density at radius 1 is 1.34 bits per heavy atom. The summed E-state index contributed by atoms with van der Waals surface area (Å²) in [5, 5.41) is 3.97. The van der Waals surface area contributed by atoms with Gasteiger partial charge in [-0.2, -0.15) is 0 Å². The number of hydrogen-bond donors (Lipinski definition) is 2. The van der Waals surface area contributed by atoms with Crippen LogP contribution in [0.1, 0.15) is 55.4 Å². The fraction of sp³-hybridized carbons (Fsp3) is 0.565. The van der Waals surface area contributed by atoms with Gasteiger partial charge in [-0.3, -0.25) is 9.69 Å². The average molecular weight is 415 g/mol. The lowest BCUT2D eigenvalue weighted by molar-refractivity contribution is -0.123. The van der Waals surface area contributed by atoms with Gasteiger partial charge in [0.2, 0.25) is 5.91 Å². The molecular formula is C23H31ClN4O. The van der Waals surface area contributed by atoms with Gasteiger partial charge in [0.05, 0.1) is 11.1 Å². The van der Waals surface area contributed by atoms with E-state index in [1.54, 1.807) is 0 Å². The maximum atomic E-state index is 12.9. The highest BCUT2D eigenvalue weighted by Crippen LogP contribution is 2.48. The molecule has 0 bridgehead atoms. The molecule has 5 nitrogen and oxygen atoms in total. The summed E-state index contributed by atoms with van der Waals surface area (Å²) >= 11 is 6.00. The van der Waals surface area contributed by atoms with Gasteiger partial charge in [0.15, 0.2) is 0 Å². The van der Waals surface area contributed by atoms with Crippen LogP contribution in [-0.2, 0) is 23.2 Å². The molecule has 1 unspecified atom stereocenters. The third-order valence-corrected chi connectivity index (χ3v) is 6.73. The molecule has 2 heterocycles. The largest absolute Gasteiger partial charge is 0.355 e. The molecule has 1 atom stereocenters. The van der Waals surface area contributed by atoms with E-state index in [0.29, 0.717) is 10.9 Å². The number of carbonyl (C=O) groups excluding carboxylic acids is 1. The smallest absolute Gasteiger partial charge is 0.230 e. The van der Waals surface area contributed by atoms with E-state index in [9.17, 15) is 4.79 Å². The number of piperidine rings is 1. The molecule has 0 spiro atoms. The zero-order chi connectivity index (χ0) is 20.4. The SMILES string of the molecule is CCc1nc(CN2CCCC(CNC(=O)C3(c4ccc(Cl)cc4)CC3)C2)c(C)[nH]1. The lowest BCUT2D eigenvalue weighted by Gasteiger charge is -2.32. The second kappa shape index (κ2) is 8.49. The monoisotopic (exact) mass is 414 g/mol. The van der Waals surface area contributed by atoms with E-state index < -0.39 is 0 Å². The highest BCUT2D eigenvalue weighted by Gasteiger charge is 2.51. The van der Waals surface area contributed by atoms with Crippen molar-refractivity contribution >= 4 is 17.5 Å². The molecule has 29 heavy (non-hydrogen) atoms. The molecule has 0 radical (unpaired) electrons. The van der Waals surface area contributed by atoms with E-state index in [2.05, 4.69) is 29.0 Å². The molecule has 1 saturated carbocycles. The molecule has 4 rings (SSSR count). The molecule has 156 valence electrons. The van der Waals surface area contributed by atoms with Crippen LogP contribution in [0.25, 0.3) is 0 Å². The van der Waals surface area contributed by atoms with Crippen molar-refractivity contribution in [3.8, 4) is 0 Å². The van der Waals surface area contributed by atoms with E-state index in [4.69, 9.17) is 16.6 Å². The second-order valence-corrected chi connectivity index (χ2v) is 9.09. The van der Waals surface area contributed by atoms with Gasteiger partial charge in [0.25, 0.3) is 0 Å². The van der Waals surface area contributed by atoms with Crippen molar-refractivity contribution in [1.29, 1.82) is 0 Å². The van der Waals surface area contributed by atoms with Gasteiger partial charge in [0.1, 0.15) is 5.82 Å². The van der Waals surface area contributed by atoms with Gasteiger partial charge in [0, 0.05) is 36.8 Å². The summed E-state index contributed by atoms with van der Waals surface area (Å²) in [4.78, 5) is 23.5. The fourth-order valence-electron chi connectivity index (χ4n) is 4.50. The topological polar surface area (TPSA) is 61.0 Å². The third-order valence-electron chi connectivity index (χ3n) is 6.48. The molecule has 2 fully saturated rings. The minimum absolute atomic E-state index is 0.174. The number of nitrogens with zero attached hydrogens (tertiary/aromatic N) is 2. The van der Waals surface area contributed by atoms with Crippen molar-refractivity contribution in [1.82, 2.24) is 20.2 Å². The molecule has 2 aromatic rings. The molecule has 1 aliphatic carbocycles. The number of aromatic amines is 1. The summed E-state index contributed by atoms with van der Waals surface area (Å²) in [5.74, 6) is 1.74. The molecule has 1 aliphatic heterocycles. The summed E-state index contributed by atoms with van der Waals surface area (Å²) in [5.41, 5.74) is 3.09. The third kappa shape index (κ3) is 4.51. The highest BCUT2D eigenvalue weighted by atomic mass is 35.5. The maximum absolute atomic E-state index is 12.9. The molecule has 2 aliphatic rings. The first-order valence-corrected chi connectivity index (χ1v) is 11.2. The number of H-pyrrole nitrogens is 1. The summed E-state index contributed by atoms with van der Waals surface area (Å²) in [6, 6.07) is 7.75. The number of halogens is 1. The number of aryl methyl sites for hydroxylation is 2. The van der Waals surface area contributed by atoms with Crippen LogP contribution in [0.3, 0.4) is 0 Å². The average Bonchev–Trinajstić information content (AvgIpc) is 3.46. The number of rotatable bonds is 7. The Bertz CT molecular complexity index is 856. The highest BCUT2D eigenvalue weighted by molar-refractivity contribution is 6.30. The summed E-state index contributed by atoms with van der Waals surface area (Å²) in [6.07, 6.45) is 5.13. The molecule has 1 saturated heterocycles. The van der Waals surface area contributed by atoms with Gasteiger partial charge in [-0.25, -0.2) is 4.98 Å². The Labute approximate surface area is 178 Å². The number of nitrogens with one attached hydrogen (secondary N) is 2. The first-order valence-electron chi connectivity index (χ1n) is 10.8. The van der Waals surface area contributed by atoms with Crippen molar-refractivity contribution in [3.05, 3.63) is 52.1 Å². The predicted molar refractivity (Wildman–Crippen MR) is 116 cm³/mol. The molecule has 1 aromatic carbocycles. The van der Waals surface area contributed by atoms with Gasteiger partial charge < -0.3 is 10.3 Å². The zero-order valence-electron chi connectivity index (χ0n) is 17.4. The van der Waals surface area contributed by atoms with Crippen molar-refractivity contribution in [2.75, 3.05) is 19.6 Å². The molecule has 1 aromatic heterocycles. The Kier molecular flexibility index (Phi) is 5.98. The lowest BCUT2D eigenvalue weighted by atomic mass is 9.93. The van der Waals surface area contributed by atoms with Crippen LogP contribution in [0.2, 0.25) is 5.02 Å². The standard InChI is InChI=1S/C23H31ClN4O/c1-3-21-26-16(2)20(27-21)15-28-12-4-5-17(14-28)13-25-22(29)23(10-11-23)18-6-8-19(24)9-7-18/h6-9,17H,3-5,10-15H2,1-2H3,(H,25,29)(H,26,27). The van der Waals surface area contributed by atoms with Crippen molar-refractivity contribution in [2.45, 2.75) is 57.9 Å². The lowest BCUT2D eigenvalue weighted by Crippen LogP contribution is -2.43. The molecular weight excluding hydrogens is 384 g/mol. The second-order valence-electron chi connectivity index (χ2n) is 8.65. The van der Waals surface area contributed by atoms with Crippen LogP contribution in [0.5, 0.6) is 0 Å².